The summed E-state index contributed by atoms with van der Waals surface area (Å²) in [5, 5.41) is 3.46. The van der Waals surface area contributed by atoms with Crippen molar-refractivity contribution in [2.24, 2.45) is 0 Å². The molecule has 1 heterocycles. The van der Waals surface area contributed by atoms with Gasteiger partial charge in [-0.1, -0.05) is 0 Å². The third-order valence-corrected chi connectivity index (χ3v) is 1.85. The molecule has 0 radical (unpaired) electrons. The zero-order valence-corrected chi connectivity index (χ0v) is 7.59. The van der Waals surface area contributed by atoms with Gasteiger partial charge in [-0.2, -0.15) is 4.37 Å². The van der Waals surface area contributed by atoms with Crippen LogP contribution in [0.2, 0.25) is 0 Å². The van der Waals surface area contributed by atoms with Crippen molar-refractivity contribution in [1.29, 1.82) is 0 Å². The molecule has 6 heteroatoms. The van der Waals surface area contributed by atoms with E-state index in [0.29, 0.717) is 5.13 Å². The van der Waals surface area contributed by atoms with Crippen LogP contribution >= 0.6 is 11.5 Å². The minimum Gasteiger partial charge on any atom is -0.467 e. The predicted molar refractivity (Wildman–Crippen MR) is 45.0 cm³/mol. The largest absolute Gasteiger partial charge is 0.467 e. The molecule has 1 N–H and O–H groups in total. The lowest BCUT2D eigenvalue weighted by Gasteiger charge is -2.08. The van der Waals surface area contributed by atoms with E-state index in [9.17, 15) is 4.79 Å². The fourth-order valence-corrected chi connectivity index (χ4v) is 1.18. The van der Waals surface area contributed by atoms with Crippen LogP contribution in [0.1, 0.15) is 6.92 Å². The maximum absolute atomic E-state index is 10.9. The maximum atomic E-state index is 10.9. The highest BCUT2D eigenvalue weighted by atomic mass is 32.1. The molecule has 1 rings (SSSR count). The van der Waals surface area contributed by atoms with Gasteiger partial charge < -0.3 is 10.1 Å². The Hall–Kier alpha value is -1.17. The molecule has 1 atom stereocenters. The quantitative estimate of drug-likeness (QED) is 0.698. The average molecular weight is 187 g/mol. The summed E-state index contributed by atoms with van der Waals surface area (Å²) < 4.78 is 8.29. The molecule has 0 saturated heterocycles. The van der Waals surface area contributed by atoms with Crippen molar-refractivity contribution >= 4 is 22.6 Å². The maximum Gasteiger partial charge on any atom is 0.328 e. The van der Waals surface area contributed by atoms with E-state index in [1.807, 2.05) is 0 Å². The Kier molecular flexibility index (Phi) is 2.98. The fourth-order valence-electron chi connectivity index (χ4n) is 0.658. The molecule has 0 amide bonds. The number of nitrogens with one attached hydrogen (secondary N) is 1. The topological polar surface area (TPSA) is 64.1 Å². The van der Waals surface area contributed by atoms with E-state index in [0.717, 1.165) is 0 Å². The normalized spacial score (nSPS) is 12.2. The summed E-state index contributed by atoms with van der Waals surface area (Å²) in [6, 6.07) is -0.386. The van der Waals surface area contributed by atoms with E-state index in [1.54, 1.807) is 6.92 Å². The number of carbonyl (C=O) groups excluding carboxylic acids is 1. The Balaban J connectivity index is 2.47. The summed E-state index contributed by atoms with van der Waals surface area (Å²) >= 11 is 1.20. The number of carbonyl (C=O) groups is 1. The van der Waals surface area contributed by atoms with Crippen LogP contribution in [0.4, 0.5) is 5.13 Å². The first-order chi connectivity index (χ1) is 5.74. The molecule has 0 fully saturated rings. The highest BCUT2D eigenvalue weighted by Gasteiger charge is 2.13. The molecular formula is C6H9N3O2S. The van der Waals surface area contributed by atoms with Crippen molar-refractivity contribution in [3.63, 3.8) is 0 Å². The van der Waals surface area contributed by atoms with Gasteiger partial charge in [-0.15, -0.1) is 0 Å². The molecule has 0 aliphatic rings. The summed E-state index contributed by atoms with van der Waals surface area (Å²) in [7, 11) is 1.35. The highest BCUT2D eigenvalue weighted by molar-refractivity contribution is 7.09. The molecule has 0 spiro atoms. The lowest BCUT2D eigenvalue weighted by Crippen LogP contribution is -2.26. The number of rotatable bonds is 3. The molecule has 0 aromatic carbocycles. The van der Waals surface area contributed by atoms with E-state index >= 15 is 0 Å². The Labute approximate surface area is 73.9 Å². The Morgan fingerprint density at radius 2 is 2.58 bits per heavy atom. The minimum absolute atomic E-state index is 0.315. The lowest BCUT2D eigenvalue weighted by molar-refractivity contribution is -0.141. The van der Waals surface area contributed by atoms with Crippen LogP contribution in [0.15, 0.2) is 6.33 Å². The van der Waals surface area contributed by atoms with Crippen LogP contribution in [0.3, 0.4) is 0 Å². The summed E-state index contributed by atoms with van der Waals surface area (Å²) in [4.78, 5) is 14.8. The molecule has 12 heavy (non-hydrogen) atoms. The number of aromatic nitrogens is 2. The van der Waals surface area contributed by atoms with E-state index < -0.39 is 0 Å². The lowest BCUT2D eigenvalue weighted by atomic mass is 10.3. The van der Waals surface area contributed by atoms with Crippen molar-refractivity contribution in [3.8, 4) is 0 Å². The second-order valence-corrected chi connectivity index (χ2v) is 2.92. The van der Waals surface area contributed by atoms with Crippen molar-refractivity contribution in [1.82, 2.24) is 9.36 Å². The minimum atomic E-state index is -0.386. The number of anilines is 1. The third-order valence-electron chi connectivity index (χ3n) is 1.26. The first-order valence-corrected chi connectivity index (χ1v) is 4.12. The van der Waals surface area contributed by atoms with Crippen LogP contribution in [0.5, 0.6) is 0 Å². The van der Waals surface area contributed by atoms with Crippen molar-refractivity contribution in [3.05, 3.63) is 6.33 Å². The zero-order chi connectivity index (χ0) is 8.97. The molecule has 1 aromatic heterocycles. The Bertz CT molecular complexity index is 249. The molecule has 0 aliphatic heterocycles. The third kappa shape index (κ3) is 2.16. The van der Waals surface area contributed by atoms with Crippen molar-refractivity contribution in [2.45, 2.75) is 13.0 Å². The number of methoxy groups -OCH3 is 1. The number of ether oxygens (including phenoxy) is 1. The van der Waals surface area contributed by atoms with Crippen LogP contribution in [0.25, 0.3) is 0 Å². The summed E-state index contributed by atoms with van der Waals surface area (Å²) in [6.45, 7) is 1.70. The van der Waals surface area contributed by atoms with E-state index in [4.69, 9.17) is 0 Å². The molecule has 5 nitrogen and oxygen atoms in total. The van der Waals surface area contributed by atoms with Gasteiger partial charge in [-0.05, 0) is 6.92 Å². The van der Waals surface area contributed by atoms with Crippen molar-refractivity contribution in [2.75, 3.05) is 12.4 Å². The number of esters is 1. The van der Waals surface area contributed by atoms with Gasteiger partial charge in [0, 0.05) is 11.5 Å². The van der Waals surface area contributed by atoms with Crippen LogP contribution < -0.4 is 5.32 Å². The van der Waals surface area contributed by atoms with Gasteiger partial charge in [0.2, 0.25) is 5.13 Å². The molecule has 1 aromatic rings. The van der Waals surface area contributed by atoms with Gasteiger partial charge in [0.05, 0.1) is 7.11 Å². The smallest absolute Gasteiger partial charge is 0.328 e. The van der Waals surface area contributed by atoms with Crippen LogP contribution in [0, 0.1) is 0 Å². The van der Waals surface area contributed by atoms with Gasteiger partial charge in [-0.3, -0.25) is 0 Å². The molecule has 1 unspecified atom stereocenters. The van der Waals surface area contributed by atoms with Gasteiger partial charge >= 0.3 is 5.97 Å². The highest BCUT2D eigenvalue weighted by Crippen LogP contribution is 2.08. The summed E-state index contributed by atoms with van der Waals surface area (Å²) in [6.07, 6.45) is 1.43. The second-order valence-electron chi connectivity index (χ2n) is 2.14. The molecule has 66 valence electrons. The SMILES string of the molecule is COC(=O)C(C)Nc1ncns1. The standard InChI is InChI=1S/C6H9N3O2S/c1-4(5(10)11-2)9-6-7-3-8-12-6/h3-4H,1-2H3,(H,7,8,9). The second kappa shape index (κ2) is 4.01. The van der Waals surface area contributed by atoms with E-state index in [1.165, 1.54) is 25.0 Å². The van der Waals surface area contributed by atoms with Gasteiger partial charge in [0.25, 0.3) is 0 Å². The summed E-state index contributed by atoms with van der Waals surface area (Å²) in [5.41, 5.74) is 0. The monoisotopic (exact) mass is 187 g/mol. The molecular weight excluding hydrogens is 178 g/mol. The van der Waals surface area contributed by atoms with Crippen LogP contribution in [-0.4, -0.2) is 28.5 Å². The first kappa shape index (κ1) is 8.92. The summed E-state index contributed by atoms with van der Waals surface area (Å²) in [5.74, 6) is -0.315. The molecule has 0 bridgehead atoms. The fraction of sp³-hybridized carbons (Fsp3) is 0.500. The predicted octanol–water partition coefficient (Wildman–Crippen LogP) is 0.511. The van der Waals surface area contributed by atoms with Gasteiger partial charge in [-0.25, -0.2) is 9.78 Å². The van der Waals surface area contributed by atoms with Crippen LogP contribution in [-0.2, 0) is 9.53 Å². The Morgan fingerprint density at radius 3 is 3.08 bits per heavy atom. The van der Waals surface area contributed by atoms with Crippen molar-refractivity contribution < 1.29 is 9.53 Å². The number of hydrogen-bond donors (Lipinski definition) is 1. The number of nitrogens with zero attached hydrogens (tertiary/aromatic N) is 2. The Morgan fingerprint density at radius 1 is 1.83 bits per heavy atom. The average Bonchev–Trinajstić information content (AvgIpc) is 2.55. The van der Waals surface area contributed by atoms with E-state index in [-0.39, 0.29) is 12.0 Å². The first-order valence-electron chi connectivity index (χ1n) is 3.35. The van der Waals surface area contributed by atoms with Gasteiger partial charge in [0.15, 0.2) is 0 Å². The van der Waals surface area contributed by atoms with E-state index in [2.05, 4.69) is 19.4 Å². The van der Waals surface area contributed by atoms with Gasteiger partial charge in [0.1, 0.15) is 12.4 Å². The number of hydrogen-bond acceptors (Lipinski definition) is 6. The zero-order valence-electron chi connectivity index (χ0n) is 6.77. The molecule has 0 saturated carbocycles. The molecule has 0 aliphatic carbocycles.